The van der Waals surface area contributed by atoms with Crippen molar-refractivity contribution < 1.29 is 45.4 Å². The van der Waals surface area contributed by atoms with E-state index in [4.69, 9.17) is 20.4 Å². The van der Waals surface area contributed by atoms with Crippen LogP contribution >= 0.6 is 0 Å². The monoisotopic (exact) mass is 714 g/mol. The van der Waals surface area contributed by atoms with E-state index in [9.17, 15) is 35.9 Å². The van der Waals surface area contributed by atoms with Crippen LogP contribution < -0.4 is 9.91 Å². The van der Waals surface area contributed by atoms with Gasteiger partial charge in [-0.1, -0.05) is 19.1 Å². The molecule has 274 valence electrons. The molecule has 2 aliphatic rings. The lowest BCUT2D eigenvalue weighted by molar-refractivity contribution is -0.147. The van der Waals surface area contributed by atoms with Crippen molar-refractivity contribution >= 4 is 30.0 Å². The summed E-state index contributed by atoms with van der Waals surface area (Å²) < 4.78 is 93.4. The van der Waals surface area contributed by atoms with Crippen molar-refractivity contribution in [3.63, 3.8) is 0 Å². The third-order valence-electron chi connectivity index (χ3n) is 9.32. The molecule has 2 heterocycles. The standard InChI is InChI=1S/C32H40F6N8O4/c1-4-23-13-25(14-24(5-2)46(23)30(48)50-27-8-6-20(7-9-27)28(47)49-3)44(29-41-15-26(16-42-29)45(18-39)43-40)17-19-10-21(31(33,34)35)12-22(11-19)32(36,37)38/h10-12,15-16,18,20,23-25,27,39-40H,4-9,13-14,17H2,1-3H3/t20?,23-,24+,25?,27?. The van der Waals surface area contributed by atoms with Crippen LogP contribution in [0.1, 0.15) is 81.9 Å². The lowest BCUT2D eigenvalue weighted by Gasteiger charge is -2.47. The van der Waals surface area contributed by atoms with Gasteiger partial charge in [-0.2, -0.15) is 31.9 Å². The van der Waals surface area contributed by atoms with Gasteiger partial charge in [0.25, 0.3) is 0 Å². The van der Waals surface area contributed by atoms with Gasteiger partial charge in [0.1, 0.15) is 18.1 Å². The fourth-order valence-electron chi connectivity index (χ4n) is 6.73. The molecular weight excluding hydrogens is 674 g/mol. The van der Waals surface area contributed by atoms with E-state index in [0.717, 1.165) is 11.3 Å². The first-order valence-corrected chi connectivity index (χ1v) is 16.2. The molecular formula is C32H40F6N8O4. The molecule has 1 saturated heterocycles. The Hall–Kier alpha value is -4.51. The van der Waals surface area contributed by atoms with Crippen molar-refractivity contribution in [2.75, 3.05) is 17.0 Å². The van der Waals surface area contributed by atoms with Crippen molar-refractivity contribution in [2.45, 2.75) is 108 Å². The van der Waals surface area contributed by atoms with Gasteiger partial charge in [0.2, 0.25) is 5.95 Å². The summed E-state index contributed by atoms with van der Waals surface area (Å²) >= 11 is 0. The zero-order valence-corrected chi connectivity index (χ0v) is 27.8. The van der Waals surface area contributed by atoms with E-state index in [1.165, 1.54) is 24.4 Å². The summed E-state index contributed by atoms with van der Waals surface area (Å²) in [5.74, 6) is -0.559. The molecule has 2 N–H and O–H groups in total. The first kappa shape index (κ1) is 38.3. The first-order chi connectivity index (χ1) is 23.6. The lowest BCUT2D eigenvalue weighted by Crippen LogP contribution is -2.57. The van der Waals surface area contributed by atoms with E-state index < -0.39 is 54.2 Å². The SMILES string of the molecule is CC[C@@H]1CC(N(Cc2cc(C(F)(F)F)cc(C(F)(F)F)c2)c2ncc(N(C=N)N=N)cn2)C[C@H](CC)N1C(=O)OC1CCC(C(=O)OC)CC1. The zero-order chi connectivity index (χ0) is 36.8. The zero-order valence-electron chi connectivity index (χ0n) is 27.8. The molecule has 1 aromatic heterocycles. The number of carbonyl (C=O) groups excluding carboxylic acids is 2. The molecule has 1 aliphatic carbocycles. The molecule has 12 nitrogen and oxygen atoms in total. The van der Waals surface area contributed by atoms with Crippen molar-refractivity contribution in [3.8, 4) is 0 Å². The summed E-state index contributed by atoms with van der Waals surface area (Å²) in [5, 5.41) is 11.4. The van der Waals surface area contributed by atoms with Crippen LogP contribution in [-0.2, 0) is 33.2 Å². The fraction of sp³-hybridized carbons (Fsp3) is 0.594. The number of hydrogen-bond donors (Lipinski definition) is 2. The molecule has 2 fully saturated rings. The van der Waals surface area contributed by atoms with Gasteiger partial charge in [-0.25, -0.2) is 19.8 Å². The Morgan fingerprint density at radius 3 is 1.94 bits per heavy atom. The average molecular weight is 715 g/mol. The molecule has 2 aromatic rings. The minimum absolute atomic E-state index is 0.0114. The molecule has 18 heteroatoms. The summed E-state index contributed by atoms with van der Waals surface area (Å²) in [6, 6.07) is 0.0788. The van der Waals surface area contributed by atoms with E-state index in [2.05, 4.69) is 15.2 Å². The van der Waals surface area contributed by atoms with Crippen molar-refractivity contribution in [3.05, 3.63) is 47.3 Å². The maximum Gasteiger partial charge on any atom is 0.416 e. The van der Waals surface area contributed by atoms with E-state index in [1.807, 2.05) is 13.8 Å². The van der Waals surface area contributed by atoms with E-state index in [-0.39, 0.29) is 54.1 Å². The molecule has 50 heavy (non-hydrogen) atoms. The number of halogens is 6. The van der Waals surface area contributed by atoms with E-state index in [1.54, 1.807) is 4.90 Å². The number of carbonyl (C=O) groups is 2. The van der Waals surface area contributed by atoms with Crippen LogP contribution in [0, 0.1) is 16.9 Å². The number of methoxy groups -OCH3 is 1. The Bertz CT molecular complexity index is 1450. The second-order valence-corrected chi connectivity index (χ2v) is 12.4. The molecule has 0 radical (unpaired) electrons. The molecule has 3 atom stereocenters. The number of ether oxygens (including phenoxy) is 2. The van der Waals surface area contributed by atoms with Gasteiger partial charge in [-0.15, -0.1) is 0 Å². The largest absolute Gasteiger partial charge is 0.469 e. The highest BCUT2D eigenvalue weighted by atomic mass is 19.4. The number of nitrogens with one attached hydrogen (secondary N) is 2. The predicted octanol–water partition coefficient (Wildman–Crippen LogP) is 7.77. The Balaban J connectivity index is 1.66. The van der Waals surface area contributed by atoms with Gasteiger partial charge in [-0.3, -0.25) is 10.2 Å². The van der Waals surface area contributed by atoms with Crippen LogP contribution in [0.3, 0.4) is 0 Å². The van der Waals surface area contributed by atoms with Crippen molar-refractivity contribution in [1.29, 1.82) is 10.9 Å². The van der Waals surface area contributed by atoms with Crippen LogP contribution in [0.4, 0.5) is 42.8 Å². The van der Waals surface area contributed by atoms with Crippen LogP contribution in [0.2, 0.25) is 0 Å². The number of aromatic nitrogens is 2. The van der Waals surface area contributed by atoms with Gasteiger partial charge >= 0.3 is 24.4 Å². The molecule has 0 bridgehead atoms. The highest BCUT2D eigenvalue weighted by Crippen LogP contribution is 2.39. The number of hydrogen-bond acceptors (Lipinski definition) is 10. The lowest BCUT2D eigenvalue weighted by atomic mass is 9.87. The van der Waals surface area contributed by atoms with Gasteiger partial charge in [0.05, 0.1) is 36.5 Å². The number of benzene rings is 1. The number of amides is 1. The molecule has 1 aromatic carbocycles. The molecule has 1 aliphatic heterocycles. The second kappa shape index (κ2) is 16.0. The van der Waals surface area contributed by atoms with E-state index >= 15 is 0 Å². The molecule has 1 saturated carbocycles. The fourth-order valence-corrected chi connectivity index (χ4v) is 6.73. The summed E-state index contributed by atoms with van der Waals surface area (Å²) in [7, 11) is 1.33. The topological polar surface area (TPSA) is 148 Å². The molecule has 1 unspecified atom stereocenters. The van der Waals surface area contributed by atoms with Crippen LogP contribution in [0.25, 0.3) is 0 Å². The number of nitrogens with zero attached hydrogens (tertiary/aromatic N) is 6. The average Bonchev–Trinajstić information content (AvgIpc) is 3.09. The molecule has 1 amide bonds. The summed E-state index contributed by atoms with van der Waals surface area (Å²) in [5.41, 5.74) is 4.19. The minimum Gasteiger partial charge on any atom is -0.469 e. The summed E-state index contributed by atoms with van der Waals surface area (Å²) in [6.45, 7) is 3.32. The number of likely N-dealkylation sites (tertiary alicyclic amines) is 1. The van der Waals surface area contributed by atoms with Crippen LogP contribution in [0.15, 0.2) is 35.8 Å². The Labute approximate surface area is 285 Å². The third-order valence-corrected chi connectivity index (χ3v) is 9.32. The minimum atomic E-state index is -5.04. The number of piperidine rings is 1. The first-order valence-electron chi connectivity index (χ1n) is 16.2. The highest BCUT2D eigenvalue weighted by molar-refractivity contribution is 5.75. The van der Waals surface area contributed by atoms with E-state index in [0.29, 0.717) is 50.7 Å². The quantitative estimate of drug-likeness (QED) is 0.0599. The number of alkyl halides is 6. The summed E-state index contributed by atoms with van der Waals surface area (Å²) in [6.07, 6.45) is -4.23. The number of anilines is 2. The Morgan fingerprint density at radius 2 is 1.50 bits per heavy atom. The van der Waals surface area contributed by atoms with Gasteiger partial charge < -0.3 is 19.3 Å². The van der Waals surface area contributed by atoms with Crippen molar-refractivity contribution in [1.82, 2.24) is 14.9 Å². The maximum atomic E-state index is 13.8. The Kier molecular flexibility index (Phi) is 12.3. The van der Waals surface area contributed by atoms with Crippen LogP contribution in [0.5, 0.6) is 0 Å². The number of esters is 1. The molecule has 0 spiro atoms. The predicted molar refractivity (Wildman–Crippen MR) is 168 cm³/mol. The van der Waals surface area contributed by atoms with Gasteiger partial charge in [0.15, 0.2) is 0 Å². The second-order valence-electron chi connectivity index (χ2n) is 12.4. The molecule has 4 rings (SSSR count). The normalized spacial score (nSPS) is 22.7. The summed E-state index contributed by atoms with van der Waals surface area (Å²) in [4.78, 5) is 37.4. The third kappa shape index (κ3) is 8.98. The van der Waals surface area contributed by atoms with Gasteiger partial charge in [-0.05, 0) is 75.1 Å². The van der Waals surface area contributed by atoms with Crippen molar-refractivity contribution in [2.24, 2.45) is 11.1 Å². The van der Waals surface area contributed by atoms with Gasteiger partial charge in [0, 0.05) is 24.7 Å². The smallest absolute Gasteiger partial charge is 0.416 e. The maximum absolute atomic E-state index is 13.8. The van der Waals surface area contributed by atoms with Crippen LogP contribution in [-0.4, -0.2) is 64.6 Å². The highest BCUT2D eigenvalue weighted by Gasteiger charge is 2.42. The Morgan fingerprint density at radius 1 is 0.960 bits per heavy atom. The number of rotatable bonds is 11.